The van der Waals surface area contributed by atoms with Crippen LogP contribution in [-0.2, 0) is 17.8 Å². The highest BCUT2D eigenvalue weighted by Gasteiger charge is 2.41. The maximum absolute atomic E-state index is 13.2. The van der Waals surface area contributed by atoms with Crippen LogP contribution in [0.15, 0.2) is 30.6 Å². The molecule has 2 aromatic rings. The summed E-state index contributed by atoms with van der Waals surface area (Å²) in [6, 6.07) is 6.11. The van der Waals surface area contributed by atoms with Gasteiger partial charge >= 0.3 is 6.03 Å². The van der Waals surface area contributed by atoms with E-state index in [0.717, 1.165) is 31.2 Å². The third-order valence-corrected chi connectivity index (χ3v) is 5.57. The van der Waals surface area contributed by atoms with E-state index in [1.807, 2.05) is 6.07 Å². The van der Waals surface area contributed by atoms with Gasteiger partial charge in [0.2, 0.25) is 0 Å². The molecule has 1 aliphatic heterocycles. The first-order chi connectivity index (χ1) is 13.6. The molecule has 1 aliphatic carbocycles. The molecule has 1 aromatic heterocycles. The van der Waals surface area contributed by atoms with Gasteiger partial charge in [-0.25, -0.2) is 18.9 Å². The molecule has 1 aromatic carbocycles. The lowest BCUT2D eigenvalue weighted by Gasteiger charge is -2.23. The zero-order chi connectivity index (χ0) is 19.4. The number of benzene rings is 1. The summed E-state index contributed by atoms with van der Waals surface area (Å²) >= 11 is 0. The molecule has 8 heteroatoms. The summed E-state index contributed by atoms with van der Waals surface area (Å²) in [5.41, 5.74) is 0.889. The van der Waals surface area contributed by atoms with E-state index in [2.05, 4.69) is 20.7 Å². The van der Waals surface area contributed by atoms with Crippen LogP contribution in [0.5, 0.6) is 0 Å². The van der Waals surface area contributed by atoms with Crippen molar-refractivity contribution in [1.29, 1.82) is 0 Å². The van der Waals surface area contributed by atoms with Gasteiger partial charge in [0.25, 0.3) is 0 Å². The molecule has 2 amide bonds. The fourth-order valence-electron chi connectivity index (χ4n) is 4.17. The van der Waals surface area contributed by atoms with Crippen LogP contribution in [0.25, 0.3) is 0 Å². The van der Waals surface area contributed by atoms with Crippen LogP contribution in [0.4, 0.5) is 9.18 Å². The fourth-order valence-corrected chi connectivity index (χ4v) is 4.17. The Labute approximate surface area is 163 Å². The molecule has 1 unspecified atom stereocenters. The van der Waals surface area contributed by atoms with Crippen molar-refractivity contribution in [1.82, 2.24) is 25.4 Å². The number of urea groups is 1. The number of aromatic nitrogens is 3. The van der Waals surface area contributed by atoms with Crippen molar-refractivity contribution >= 4 is 6.03 Å². The summed E-state index contributed by atoms with van der Waals surface area (Å²) in [7, 11) is 0. The van der Waals surface area contributed by atoms with Crippen molar-refractivity contribution in [2.24, 2.45) is 0 Å². The minimum absolute atomic E-state index is 0.0846. The molecule has 7 nitrogen and oxygen atoms in total. The van der Waals surface area contributed by atoms with Gasteiger partial charge in [0, 0.05) is 6.54 Å². The van der Waals surface area contributed by atoms with Gasteiger partial charge in [-0.05, 0) is 43.4 Å². The van der Waals surface area contributed by atoms with Gasteiger partial charge in [-0.1, -0.05) is 25.0 Å². The van der Waals surface area contributed by atoms with E-state index in [0.29, 0.717) is 18.9 Å². The first-order valence-electron chi connectivity index (χ1n) is 9.93. The second-order valence-electron chi connectivity index (χ2n) is 7.72. The van der Waals surface area contributed by atoms with Gasteiger partial charge in [-0.15, -0.1) is 0 Å². The summed E-state index contributed by atoms with van der Waals surface area (Å²) in [5.74, 6) is 0.231. The Hall–Kier alpha value is -2.48. The summed E-state index contributed by atoms with van der Waals surface area (Å²) in [6.07, 6.45) is 8.60. The monoisotopic (exact) mass is 387 g/mol. The highest BCUT2D eigenvalue weighted by atomic mass is 19.1. The highest BCUT2D eigenvalue weighted by molar-refractivity contribution is 5.73. The van der Waals surface area contributed by atoms with Crippen molar-refractivity contribution in [3.05, 3.63) is 47.8 Å². The summed E-state index contributed by atoms with van der Waals surface area (Å²) in [6.45, 7) is 1.18. The number of carbonyl (C=O) groups excluding carboxylic acids is 1. The van der Waals surface area contributed by atoms with Gasteiger partial charge in [0.1, 0.15) is 12.1 Å². The topological polar surface area (TPSA) is 81.1 Å². The molecule has 150 valence electrons. The van der Waals surface area contributed by atoms with Gasteiger partial charge < -0.3 is 15.4 Å². The molecular weight excluding hydrogens is 361 g/mol. The first kappa shape index (κ1) is 18.9. The third-order valence-electron chi connectivity index (χ3n) is 5.57. The van der Waals surface area contributed by atoms with Crippen molar-refractivity contribution in [3.8, 4) is 0 Å². The Morgan fingerprint density at radius 2 is 2.14 bits per heavy atom. The lowest BCUT2D eigenvalue weighted by Crippen LogP contribution is -2.40. The van der Waals surface area contributed by atoms with Gasteiger partial charge in [0.15, 0.2) is 5.82 Å². The largest absolute Gasteiger partial charge is 0.370 e. The number of rotatable bonds is 6. The number of carbonyl (C=O) groups is 1. The Balaban J connectivity index is 1.18. The Morgan fingerprint density at radius 3 is 2.96 bits per heavy atom. The molecule has 2 N–H and O–H groups in total. The van der Waals surface area contributed by atoms with Gasteiger partial charge in [-0.3, -0.25) is 0 Å². The maximum atomic E-state index is 13.2. The van der Waals surface area contributed by atoms with Crippen LogP contribution in [0.3, 0.4) is 0 Å². The normalized spacial score (nSPS) is 20.5. The summed E-state index contributed by atoms with van der Waals surface area (Å²) < 4.78 is 21.1. The van der Waals surface area contributed by atoms with Crippen LogP contribution in [-0.4, -0.2) is 39.0 Å². The quantitative estimate of drug-likeness (QED) is 0.799. The number of hydrogen-bond donors (Lipinski definition) is 2. The summed E-state index contributed by atoms with van der Waals surface area (Å²) in [4.78, 5) is 16.2. The lowest BCUT2D eigenvalue weighted by molar-refractivity contribution is -0.0341. The predicted octanol–water partition coefficient (Wildman–Crippen LogP) is 2.76. The number of nitrogens with zero attached hydrogens (tertiary/aromatic N) is 3. The predicted molar refractivity (Wildman–Crippen MR) is 101 cm³/mol. The molecule has 2 heterocycles. The second kappa shape index (κ2) is 8.26. The average Bonchev–Trinajstić information content (AvgIpc) is 3.41. The van der Waals surface area contributed by atoms with E-state index in [-0.39, 0.29) is 30.1 Å². The van der Waals surface area contributed by atoms with E-state index < -0.39 is 0 Å². The molecule has 0 bridgehead atoms. The summed E-state index contributed by atoms with van der Waals surface area (Å²) in [5, 5.41) is 9.95. The van der Waals surface area contributed by atoms with Crippen molar-refractivity contribution in [3.63, 3.8) is 0 Å². The highest BCUT2D eigenvalue weighted by Crippen LogP contribution is 2.43. The lowest BCUT2D eigenvalue weighted by atomic mass is 9.98. The smallest absolute Gasteiger partial charge is 0.315 e. The van der Waals surface area contributed by atoms with Gasteiger partial charge in [0.05, 0.1) is 24.8 Å². The molecule has 1 saturated heterocycles. The standard InChI is InChI=1S/C20H26FN5O2/c21-16-5-3-4-15(10-16)13-26-14-24-18(25-26)12-23-19(27)22-11-17-6-9-20(28-17)7-1-2-8-20/h3-5,10,14,17H,1-2,6-9,11-13H2,(H2,22,23,27). The number of hydrogen-bond acceptors (Lipinski definition) is 4. The molecular formula is C20H26FN5O2. The molecule has 1 spiro atoms. The molecule has 4 rings (SSSR count). The van der Waals surface area contributed by atoms with Crippen LogP contribution in [0, 0.1) is 5.82 Å². The van der Waals surface area contributed by atoms with Crippen LogP contribution in [0.1, 0.15) is 49.9 Å². The van der Waals surface area contributed by atoms with Crippen LogP contribution < -0.4 is 10.6 Å². The first-order valence-corrected chi connectivity index (χ1v) is 9.93. The minimum atomic E-state index is -0.277. The molecule has 2 aliphatic rings. The van der Waals surface area contributed by atoms with Gasteiger partial charge in [-0.2, -0.15) is 5.10 Å². The molecule has 2 fully saturated rings. The van der Waals surface area contributed by atoms with Crippen molar-refractivity contribution in [2.45, 2.75) is 63.3 Å². The zero-order valence-corrected chi connectivity index (χ0v) is 15.9. The Kier molecular flexibility index (Phi) is 5.57. The van der Waals surface area contributed by atoms with Crippen molar-refractivity contribution < 1.29 is 13.9 Å². The molecule has 1 saturated carbocycles. The molecule has 0 radical (unpaired) electrons. The fraction of sp³-hybridized carbons (Fsp3) is 0.550. The maximum Gasteiger partial charge on any atom is 0.315 e. The van der Waals surface area contributed by atoms with Crippen molar-refractivity contribution in [2.75, 3.05) is 6.54 Å². The van der Waals surface area contributed by atoms with E-state index in [1.54, 1.807) is 17.1 Å². The Morgan fingerprint density at radius 1 is 1.29 bits per heavy atom. The Bertz CT molecular complexity index is 818. The van der Waals surface area contributed by atoms with Crippen LogP contribution >= 0.6 is 0 Å². The number of amides is 2. The number of ether oxygens (including phenoxy) is 1. The van der Waals surface area contributed by atoms with E-state index >= 15 is 0 Å². The second-order valence-corrected chi connectivity index (χ2v) is 7.72. The van der Waals surface area contributed by atoms with Crippen LogP contribution in [0.2, 0.25) is 0 Å². The van der Waals surface area contributed by atoms with E-state index in [4.69, 9.17) is 4.74 Å². The zero-order valence-electron chi connectivity index (χ0n) is 15.9. The SMILES string of the molecule is O=C(NCc1ncn(Cc2cccc(F)c2)n1)NCC1CCC2(CCCC2)O1. The minimum Gasteiger partial charge on any atom is -0.370 e. The molecule has 1 atom stereocenters. The third kappa shape index (κ3) is 4.67. The average molecular weight is 387 g/mol. The number of halogens is 1. The molecule has 28 heavy (non-hydrogen) atoms. The number of nitrogens with one attached hydrogen (secondary N) is 2. The van der Waals surface area contributed by atoms with E-state index in [1.165, 1.54) is 25.0 Å². The van der Waals surface area contributed by atoms with E-state index in [9.17, 15) is 9.18 Å².